The standard InChI is InChI=1S/C18H18N6S/c1-13(2)14-6-8-16(9-7-14)24-18(20-21-22-24)25-12-15-11-23-10-4-3-5-17(23)19-15/h3-11,13H,12H2,1-2H3. The first-order valence-electron chi connectivity index (χ1n) is 8.15. The number of rotatable bonds is 5. The monoisotopic (exact) mass is 350 g/mol. The molecule has 0 N–H and O–H groups in total. The number of hydrogen-bond acceptors (Lipinski definition) is 5. The summed E-state index contributed by atoms with van der Waals surface area (Å²) in [4.78, 5) is 4.61. The molecule has 0 saturated heterocycles. The summed E-state index contributed by atoms with van der Waals surface area (Å²) in [6.45, 7) is 4.37. The van der Waals surface area contributed by atoms with E-state index in [0.29, 0.717) is 11.7 Å². The second kappa shape index (κ2) is 6.68. The zero-order chi connectivity index (χ0) is 17.2. The van der Waals surface area contributed by atoms with Crippen molar-refractivity contribution in [3.05, 3.63) is 66.1 Å². The minimum atomic E-state index is 0.506. The van der Waals surface area contributed by atoms with Crippen LogP contribution in [-0.2, 0) is 5.75 Å². The Hall–Kier alpha value is -2.67. The fraction of sp³-hybridized carbons (Fsp3) is 0.222. The number of imidazole rings is 1. The molecule has 25 heavy (non-hydrogen) atoms. The lowest BCUT2D eigenvalue weighted by molar-refractivity contribution is 0.754. The van der Waals surface area contributed by atoms with Crippen LogP contribution in [0.2, 0.25) is 0 Å². The van der Waals surface area contributed by atoms with Gasteiger partial charge in [0.15, 0.2) is 0 Å². The van der Waals surface area contributed by atoms with Crippen molar-refractivity contribution in [3.63, 3.8) is 0 Å². The van der Waals surface area contributed by atoms with Gasteiger partial charge in [-0.3, -0.25) is 0 Å². The zero-order valence-corrected chi connectivity index (χ0v) is 14.9. The van der Waals surface area contributed by atoms with E-state index in [2.05, 4.69) is 58.6 Å². The van der Waals surface area contributed by atoms with Crippen molar-refractivity contribution in [3.8, 4) is 5.69 Å². The van der Waals surface area contributed by atoms with E-state index in [0.717, 1.165) is 22.2 Å². The van der Waals surface area contributed by atoms with Gasteiger partial charge in [0.05, 0.1) is 11.4 Å². The summed E-state index contributed by atoms with van der Waals surface area (Å²) in [5.74, 6) is 1.22. The molecule has 0 aliphatic heterocycles. The fourth-order valence-corrected chi connectivity index (χ4v) is 3.40. The molecule has 3 aromatic heterocycles. The second-order valence-corrected chi connectivity index (χ2v) is 7.05. The van der Waals surface area contributed by atoms with Gasteiger partial charge in [-0.25, -0.2) is 4.98 Å². The van der Waals surface area contributed by atoms with Crippen LogP contribution < -0.4 is 0 Å². The van der Waals surface area contributed by atoms with Crippen LogP contribution in [0.5, 0.6) is 0 Å². The van der Waals surface area contributed by atoms with Crippen molar-refractivity contribution in [2.24, 2.45) is 0 Å². The highest BCUT2D eigenvalue weighted by molar-refractivity contribution is 7.98. The minimum absolute atomic E-state index is 0.506. The molecule has 4 aromatic rings. The van der Waals surface area contributed by atoms with Gasteiger partial charge in [-0.2, -0.15) is 4.68 Å². The highest BCUT2D eigenvalue weighted by atomic mass is 32.2. The molecule has 1 aromatic carbocycles. The topological polar surface area (TPSA) is 60.9 Å². The third-order valence-corrected chi connectivity index (χ3v) is 4.96. The van der Waals surface area contributed by atoms with Gasteiger partial charge >= 0.3 is 0 Å². The molecule has 0 fully saturated rings. The lowest BCUT2D eigenvalue weighted by atomic mass is 10.0. The summed E-state index contributed by atoms with van der Waals surface area (Å²) in [7, 11) is 0. The number of hydrogen-bond donors (Lipinski definition) is 0. The molecule has 126 valence electrons. The lowest BCUT2D eigenvalue weighted by Crippen LogP contribution is -2.00. The normalized spacial score (nSPS) is 11.5. The summed E-state index contributed by atoms with van der Waals surface area (Å²) in [5, 5.41) is 12.9. The van der Waals surface area contributed by atoms with Crippen LogP contribution in [0, 0.1) is 0 Å². The molecule has 0 atom stereocenters. The van der Waals surface area contributed by atoms with E-state index in [1.54, 1.807) is 16.4 Å². The summed E-state index contributed by atoms with van der Waals surface area (Å²) in [5.41, 5.74) is 4.21. The van der Waals surface area contributed by atoms with E-state index >= 15 is 0 Å². The van der Waals surface area contributed by atoms with E-state index in [1.807, 2.05) is 35.0 Å². The van der Waals surface area contributed by atoms with Crippen LogP contribution in [0.25, 0.3) is 11.3 Å². The summed E-state index contributed by atoms with van der Waals surface area (Å²) < 4.78 is 3.79. The molecule has 0 saturated carbocycles. The van der Waals surface area contributed by atoms with E-state index in [-0.39, 0.29) is 0 Å². The molecule has 0 radical (unpaired) electrons. The van der Waals surface area contributed by atoms with Crippen LogP contribution in [0.1, 0.15) is 31.0 Å². The van der Waals surface area contributed by atoms with Crippen LogP contribution in [0.15, 0.2) is 60.0 Å². The van der Waals surface area contributed by atoms with Gasteiger partial charge in [-0.15, -0.1) is 5.10 Å². The van der Waals surface area contributed by atoms with Crippen molar-refractivity contribution in [2.45, 2.75) is 30.7 Å². The van der Waals surface area contributed by atoms with Crippen LogP contribution in [-0.4, -0.2) is 29.6 Å². The molecule has 0 amide bonds. The minimum Gasteiger partial charge on any atom is -0.307 e. The van der Waals surface area contributed by atoms with E-state index in [4.69, 9.17) is 0 Å². The predicted molar refractivity (Wildman–Crippen MR) is 98.0 cm³/mol. The molecular weight excluding hydrogens is 332 g/mol. The number of fused-ring (bicyclic) bond motifs is 1. The maximum Gasteiger partial charge on any atom is 0.214 e. The van der Waals surface area contributed by atoms with Gasteiger partial charge in [-0.05, 0) is 46.2 Å². The molecule has 0 aliphatic rings. The summed E-state index contributed by atoms with van der Waals surface area (Å²) in [6.07, 6.45) is 4.03. The van der Waals surface area contributed by atoms with Gasteiger partial charge in [0, 0.05) is 18.1 Å². The number of nitrogens with zero attached hydrogens (tertiary/aromatic N) is 6. The number of pyridine rings is 1. The largest absolute Gasteiger partial charge is 0.307 e. The molecule has 6 nitrogen and oxygen atoms in total. The second-order valence-electron chi connectivity index (χ2n) is 6.11. The van der Waals surface area contributed by atoms with Crippen molar-refractivity contribution in [1.29, 1.82) is 0 Å². The Bertz CT molecular complexity index is 953. The number of benzene rings is 1. The average molecular weight is 350 g/mol. The summed E-state index contributed by atoms with van der Waals surface area (Å²) >= 11 is 1.58. The molecule has 4 rings (SSSR count). The van der Waals surface area contributed by atoms with Crippen LogP contribution >= 0.6 is 11.8 Å². The first-order chi connectivity index (χ1) is 12.2. The molecule has 0 bridgehead atoms. The molecule has 0 unspecified atom stereocenters. The third kappa shape index (κ3) is 3.28. The highest BCUT2D eigenvalue weighted by Gasteiger charge is 2.11. The lowest BCUT2D eigenvalue weighted by Gasteiger charge is -2.07. The number of tetrazole rings is 1. The van der Waals surface area contributed by atoms with E-state index in [9.17, 15) is 0 Å². The maximum atomic E-state index is 4.61. The predicted octanol–water partition coefficient (Wildman–Crippen LogP) is 3.73. The van der Waals surface area contributed by atoms with Gasteiger partial charge < -0.3 is 4.40 Å². The third-order valence-electron chi connectivity index (χ3n) is 4.01. The van der Waals surface area contributed by atoms with Crippen LogP contribution in [0.3, 0.4) is 0 Å². The average Bonchev–Trinajstić information content (AvgIpc) is 3.26. The van der Waals surface area contributed by atoms with Gasteiger partial charge in [0.25, 0.3) is 0 Å². The molecule has 0 spiro atoms. The van der Waals surface area contributed by atoms with Gasteiger partial charge in [0.2, 0.25) is 5.16 Å². The van der Waals surface area contributed by atoms with Gasteiger partial charge in [0.1, 0.15) is 5.65 Å². The van der Waals surface area contributed by atoms with E-state index in [1.165, 1.54) is 5.56 Å². The summed E-state index contributed by atoms with van der Waals surface area (Å²) in [6, 6.07) is 14.3. The quantitative estimate of drug-likeness (QED) is 0.513. The van der Waals surface area contributed by atoms with Gasteiger partial charge in [-0.1, -0.05) is 43.8 Å². The van der Waals surface area contributed by atoms with Crippen LogP contribution in [0.4, 0.5) is 0 Å². The Kier molecular flexibility index (Phi) is 4.23. The maximum absolute atomic E-state index is 4.61. The fourth-order valence-electron chi connectivity index (χ4n) is 2.63. The Balaban J connectivity index is 1.53. The zero-order valence-electron chi connectivity index (χ0n) is 14.1. The Morgan fingerprint density at radius 3 is 2.68 bits per heavy atom. The number of thioether (sulfide) groups is 1. The SMILES string of the molecule is CC(C)c1ccc(-n2nnnc2SCc2cn3ccccc3n2)cc1. The van der Waals surface area contributed by atoms with Crippen molar-refractivity contribution in [1.82, 2.24) is 29.6 Å². The molecular formula is C18H18N6S. The van der Waals surface area contributed by atoms with Crippen molar-refractivity contribution < 1.29 is 0 Å². The Morgan fingerprint density at radius 2 is 1.92 bits per heavy atom. The first kappa shape index (κ1) is 15.8. The molecule has 7 heteroatoms. The van der Waals surface area contributed by atoms with E-state index < -0.39 is 0 Å². The van der Waals surface area contributed by atoms with Crippen molar-refractivity contribution >= 4 is 17.4 Å². The molecule has 3 heterocycles. The smallest absolute Gasteiger partial charge is 0.214 e. The molecule has 0 aliphatic carbocycles. The Labute approximate surface area is 149 Å². The number of aromatic nitrogens is 6. The Morgan fingerprint density at radius 1 is 1.08 bits per heavy atom. The highest BCUT2D eigenvalue weighted by Crippen LogP contribution is 2.23. The first-order valence-corrected chi connectivity index (χ1v) is 9.13. The van der Waals surface area contributed by atoms with Crippen molar-refractivity contribution in [2.75, 3.05) is 0 Å².